The third-order valence-corrected chi connectivity index (χ3v) is 6.84. The number of carbonyl (C=O) groups excluding carboxylic acids is 2. The summed E-state index contributed by atoms with van der Waals surface area (Å²) < 4.78 is 9.51. The Labute approximate surface area is 185 Å². The van der Waals surface area contributed by atoms with E-state index in [2.05, 4.69) is 28.2 Å². The van der Waals surface area contributed by atoms with Crippen molar-refractivity contribution in [3.05, 3.63) is 69.1 Å². The van der Waals surface area contributed by atoms with Crippen molar-refractivity contribution in [2.75, 3.05) is 14.2 Å². The van der Waals surface area contributed by atoms with Crippen molar-refractivity contribution in [1.82, 2.24) is 9.97 Å². The Morgan fingerprint density at radius 1 is 1.10 bits per heavy atom. The average molecular weight is 455 g/mol. The Morgan fingerprint density at radius 2 is 1.87 bits per heavy atom. The summed E-state index contributed by atoms with van der Waals surface area (Å²) in [7, 11) is 2.50. The molecule has 0 unspecified atom stereocenters. The number of nitrogens with one attached hydrogen (secondary N) is 1. The number of aromatic nitrogens is 2. The van der Waals surface area contributed by atoms with Gasteiger partial charge in [0.15, 0.2) is 0 Å². The molecular weight excluding hydrogens is 436 g/mol. The molecule has 0 bridgehead atoms. The lowest BCUT2D eigenvalue weighted by atomic mass is 10.1. The first-order valence-electron chi connectivity index (χ1n) is 9.31. The first-order chi connectivity index (χ1) is 15.0. The molecule has 31 heavy (non-hydrogen) atoms. The van der Waals surface area contributed by atoms with Crippen molar-refractivity contribution in [1.29, 1.82) is 0 Å². The lowest BCUT2D eigenvalue weighted by Crippen LogP contribution is -2.15. The number of fused-ring (bicyclic) bond motifs is 2. The number of H-pyrrole nitrogens is 1. The van der Waals surface area contributed by atoms with Crippen LogP contribution < -0.4 is 5.56 Å². The fourth-order valence-electron chi connectivity index (χ4n) is 3.23. The van der Waals surface area contributed by atoms with Gasteiger partial charge in [0.25, 0.3) is 5.56 Å². The van der Waals surface area contributed by atoms with Gasteiger partial charge in [-0.05, 0) is 22.9 Å². The highest BCUT2D eigenvalue weighted by molar-refractivity contribution is 7.98. The summed E-state index contributed by atoms with van der Waals surface area (Å²) in [5.74, 6) is -0.243. The van der Waals surface area contributed by atoms with Gasteiger partial charge in [-0.1, -0.05) is 30.3 Å². The minimum absolute atomic E-state index is 0.181. The number of thioether (sulfide) groups is 1. The number of rotatable bonds is 6. The lowest BCUT2D eigenvalue weighted by Gasteiger charge is -2.04. The van der Waals surface area contributed by atoms with Gasteiger partial charge in [-0.3, -0.25) is 9.59 Å². The second-order valence-electron chi connectivity index (χ2n) is 6.64. The highest BCUT2D eigenvalue weighted by Gasteiger charge is 2.24. The number of methoxy groups -OCH3 is 2. The van der Waals surface area contributed by atoms with Crippen molar-refractivity contribution in [3.63, 3.8) is 0 Å². The Morgan fingerprint density at radius 3 is 2.61 bits per heavy atom. The van der Waals surface area contributed by atoms with E-state index in [0.29, 0.717) is 16.4 Å². The second kappa shape index (κ2) is 8.91. The zero-order valence-electron chi connectivity index (χ0n) is 16.8. The van der Waals surface area contributed by atoms with Crippen molar-refractivity contribution in [2.45, 2.75) is 17.1 Å². The van der Waals surface area contributed by atoms with Gasteiger partial charge >= 0.3 is 11.9 Å². The summed E-state index contributed by atoms with van der Waals surface area (Å²) in [6.07, 6.45) is -0.211. The normalized spacial score (nSPS) is 11.0. The predicted molar refractivity (Wildman–Crippen MR) is 121 cm³/mol. The standard InChI is InChI=1S/C22H18N2O5S2/c1-28-17(25)10-15-18-20(26)23-16(24-21(18)31-19(15)22(27)29-2)11-30-14-8-7-12-5-3-4-6-13(12)9-14/h3-9H,10-11H2,1-2H3,(H,23,24,26). The van der Waals surface area contributed by atoms with Crippen molar-refractivity contribution in [2.24, 2.45) is 0 Å². The molecule has 0 fully saturated rings. The molecule has 0 spiro atoms. The first-order valence-corrected chi connectivity index (χ1v) is 11.1. The van der Waals surface area contributed by atoms with Crippen LogP contribution in [0.5, 0.6) is 0 Å². The van der Waals surface area contributed by atoms with Crippen LogP contribution in [0.4, 0.5) is 0 Å². The van der Waals surface area contributed by atoms with Gasteiger partial charge in [-0.2, -0.15) is 0 Å². The van der Waals surface area contributed by atoms with E-state index in [0.717, 1.165) is 27.0 Å². The van der Waals surface area contributed by atoms with Gasteiger partial charge in [0.2, 0.25) is 0 Å². The van der Waals surface area contributed by atoms with Crippen molar-refractivity contribution >= 4 is 56.0 Å². The van der Waals surface area contributed by atoms with Gasteiger partial charge in [-0.25, -0.2) is 9.78 Å². The molecule has 0 amide bonds. The highest BCUT2D eigenvalue weighted by atomic mass is 32.2. The van der Waals surface area contributed by atoms with Crippen LogP contribution in [-0.2, 0) is 26.4 Å². The van der Waals surface area contributed by atoms with Crippen LogP contribution in [-0.4, -0.2) is 36.1 Å². The minimum atomic E-state index is -0.617. The maximum absolute atomic E-state index is 12.8. The molecule has 4 aromatic rings. The molecule has 2 heterocycles. The molecule has 2 aromatic carbocycles. The van der Waals surface area contributed by atoms with E-state index >= 15 is 0 Å². The average Bonchev–Trinajstić information content (AvgIpc) is 3.15. The summed E-state index contributed by atoms with van der Waals surface area (Å²) in [4.78, 5) is 45.7. The van der Waals surface area contributed by atoms with Crippen LogP contribution in [0.15, 0.2) is 52.2 Å². The van der Waals surface area contributed by atoms with E-state index in [9.17, 15) is 14.4 Å². The predicted octanol–water partition coefficient (Wildman–Crippen LogP) is 3.93. The maximum atomic E-state index is 12.8. The van der Waals surface area contributed by atoms with Crippen LogP contribution in [0.3, 0.4) is 0 Å². The molecule has 0 radical (unpaired) electrons. The van der Waals surface area contributed by atoms with E-state index in [4.69, 9.17) is 9.47 Å². The number of hydrogen-bond donors (Lipinski definition) is 1. The number of carbonyl (C=O) groups is 2. The zero-order chi connectivity index (χ0) is 22.0. The zero-order valence-corrected chi connectivity index (χ0v) is 18.4. The molecular formula is C22H18N2O5S2. The number of thiophene rings is 1. The summed E-state index contributed by atoms with van der Waals surface area (Å²) in [6, 6.07) is 14.3. The molecule has 0 saturated carbocycles. The Bertz CT molecular complexity index is 1360. The fourth-order valence-corrected chi connectivity index (χ4v) is 5.17. The molecule has 0 saturated heterocycles. The van der Waals surface area contributed by atoms with E-state index in [1.165, 1.54) is 14.2 Å². The highest BCUT2D eigenvalue weighted by Crippen LogP contribution is 2.30. The van der Waals surface area contributed by atoms with Gasteiger partial charge in [-0.15, -0.1) is 23.1 Å². The van der Waals surface area contributed by atoms with Crippen LogP contribution >= 0.6 is 23.1 Å². The molecule has 9 heteroatoms. The summed E-state index contributed by atoms with van der Waals surface area (Å²) >= 11 is 2.59. The van der Waals surface area contributed by atoms with E-state index in [1.807, 2.05) is 24.3 Å². The molecule has 158 valence electrons. The molecule has 0 aliphatic carbocycles. The van der Waals surface area contributed by atoms with Crippen molar-refractivity contribution < 1.29 is 19.1 Å². The number of aromatic amines is 1. The molecule has 0 aliphatic heterocycles. The number of ether oxygens (including phenoxy) is 2. The molecule has 0 aliphatic rings. The van der Waals surface area contributed by atoms with Gasteiger partial charge in [0.1, 0.15) is 15.5 Å². The second-order valence-corrected chi connectivity index (χ2v) is 8.69. The van der Waals surface area contributed by atoms with Crippen LogP contribution in [0.1, 0.15) is 21.1 Å². The van der Waals surface area contributed by atoms with E-state index < -0.39 is 17.5 Å². The Balaban J connectivity index is 1.67. The van der Waals surface area contributed by atoms with Crippen LogP contribution in [0, 0.1) is 0 Å². The SMILES string of the molecule is COC(=O)Cc1c(C(=O)OC)sc2nc(CSc3ccc4ccccc4c3)[nH]c(=O)c12. The monoisotopic (exact) mass is 454 g/mol. The topological polar surface area (TPSA) is 98.3 Å². The number of benzene rings is 2. The fraction of sp³-hybridized carbons (Fsp3) is 0.182. The molecule has 7 nitrogen and oxygen atoms in total. The Hall–Kier alpha value is -3.17. The summed E-state index contributed by atoms with van der Waals surface area (Å²) in [6.45, 7) is 0. The number of esters is 2. The molecule has 4 rings (SSSR count). The van der Waals surface area contributed by atoms with Crippen molar-refractivity contribution in [3.8, 4) is 0 Å². The molecule has 1 N–H and O–H groups in total. The van der Waals surface area contributed by atoms with Crippen LogP contribution in [0.25, 0.3) is 21.0 Å². The largest absolute Gasteiger partial charge is 0.469 e. The lowest BCUT2D eigenvalue weighted by molar-refractivity contribution is -0.139. The van der Waals surface area contributed by atoms with E-state index in [1.54, 1.807) is 11.8 Å². The number of hydrogen-bond acceptors (Lipinski definition) is 8. The van der Waals surface area contributed by atoms with Crippen LogP contribution in [0.2, 0.25) is 0 Å². The van der Waals surface area contributed by atoms with Gasteiger partial charge in [0, 0.05) is 10.5 Å². The van der Waals surface area contributed by atoms with E-state index in [-0.39, 0.29) is 22.2 Å². The summed E-state index contributed by atoms with van der Waals surface area (Å²) in [5.41, 5.74) is -0.120. The van der Waals surface area contributed by atoms with Gasteiger partial charge < -0.3 is 14.5 Å². The third-order valence-electron chi connectivity index (χ3n) is 4.73. The minimum Gasteiger partial charge on any atom is -0.469 e. The maximum Gasteiger partial charge on any atom is 0.348 e. The smallest absolute Gasteiger partial charge is 0.348 e. The quantitative estimate of drug-likeness (QED) is 0.348. The van der Waals surface area contributed by atoms with Gasteiger partial charge in [0.05, 0.1) is 31.8 Å². The number of nitrogens with zero attached hydrogens (tertiary/aromatic N) is 1. The molecule has 2 aromatic heterocycles. The first kappa shape index (κ1) is 21.1. The summed E-state index contributed by atoms with van der Waals surface area (Å²) in [5, 5.41) is 2.51. The third kappa shape index (κ3) is 4.33. The Kier molecular flexibility index (Phi) is 6.06. The molecule has 0 atom stereocenters.